The molecule has 14 heavy (non-hydrogen) atoms. The van der Waals surface area contributed by atoms with Gasteiger partial charge in [0.15, 0.2) is 0 Å². The van der Waals surface area contributed by atoms with E-state index in [1.807, 2.05) is 6.92 Å². The summed E-state index contributed by atoms with van der Waals surface area (Å²) in [6.45, 7) is 3.59. The molecular formula is C9H16O4S. The molecule has 3 unspecified atom stereocenters. The molecule has 0 saturated carbocycles. The highest BCUT2D eigenvalue weighted by molar-refractivity contribution is 7.80. The average Bonchev–Trinajstić information content (AvgIpc) is 2.02. The SMILES string of the molecule is CC(S)C(C)C(CCC(=O)O)C(=O)O. The van der Waals surface area contributed by atoms with E-state index in [9.17, 15) is 9.59 Å². The molecule has 4 nitrogen and oxygen atoms in total. The summed E-state index contributed by atoms with van der Waals surface area (Å²) < 4.78 is 0. The van der Waals surface area contributed by atoms with Gasteiger partial charge in [-0.25, -0.2) is 0 Å². The molecule has 0 aliphatic heterocycles. The third-order valence-electron chi connectivity index (χ3n) is 2.38. The fourth-order valence-electron chi connectivity index (χ4n) is 1.23. The monoisotopic (exact) mass is 220 g/mol. The predicted octanol–water partition coefficient (Wildman–Crippen LogP) is 1.51. The van der Waals surface area contributed by atoms with E-state index in [0.717, 1.165) is 0 Å². The summed E-state index contributed by atoms with van der Waals surface area (Å²) in [6.07, 6.45) is 0.0541. The molecule has 0 aliphatic rings. The van der Waals surface area contributed by atoms with Crippen LogP contribution < -0.4 is 0 Å². The summed E-state index contributed by atoms with van der Waals surface area (Å²) in [5.74, 6) is -2.66. The molecular weight excluding hydrogens is 204 g/mol. The molecule has 0 rings (SSSR count). The Hall–Kier alpha value is -0.710. The van der Waals surface area contributed by atoms with Crippen LogP contribution in [0.25, 0.3) is 0 Å². The smallest absolute Gasteiger partial charge is 0.306 e. The molecule has 0 spiro atoms. The number of rotatable bonds is 6. The molecule has 2 N–H and O–H groups in total. The fraction of sp³-hybridized carbons (Fsp3) is 0.778. The summed E-state index contributed by atoms with van der Waals surface area (Å²) >= 11 is 4.16. The second-order valence-corrected chi connectivity index (χ2v) is 4.29. The van der Waals surface area contributed by atoms with Gasteiger partial charge < -0.3 is 10.2 Å². The standard InChI is InChI=1S/C9H16O4S/c1-5(6(2)14)7(9(12)13)3-4-8(10)11/h5-7,14H,3-4H2,1-2H3,(H,10,11)(H,12,13). The lowest BCUT2D eigenvalue weighted by Crippen LogP contribution is -2.27. The van der Waals surface area contributed by atoms with Crippen LogP contribution in [0.5, 0.6) is 0 Å². The summed E-state index contributed by atoms with van der Waals surface area (Å²) in [7, 11) is 0. The second-order valence-electron chi connectivity index (χ2n) is 3.48. The van der Waals surface area contributed by atoms with Crippen LogP contribution in [-0.4, -0.2) is 27.4 Å². The van der Waals surface area contributed by atoms with Crippen LogP contribution in [0.1, 0.15) is 26.7 Å². The molecule has 0 aromatic heterocycles. The van der Waals surface area contributed by atoms with Gasteiger partial charge in [-0.15, -0.1) is 0 Å². The van der Waals surface area contributed by atoms with E-state index in [1.54, 1.807) is 6.92 Å². The maximum atomic E-state index is 10.8. The first-order valence-electron chi connectivity index (χ1n) is 4.49. The number of aliphatic carboxylic acids is 2. The first kappa shape index (κ1) is 13.3. The lowest BCUT2D eigenvalue weighted by Gasteiger charge is -2.22. The van der Waals surface area contributed by atoms with Gasteiger partial charge in [0.2, 0.25) is 0 Å². The normalized spacial score (nSPS) is 17.1. The fourth-order valence-corrected chi connectivity index (χ4v) is 1.43. The van der Waals surface area contributed by atoms with Gasteiger partial charge in [0.1, 0.15) is 0 Å². The quantitative estimate of drug-likeness (QED) is 0.593. The first-order valence-corrected chi connectivity index (χ1v) is 5.00. The van der Waals surface area contributed by atoms with E-state index in [4.69, 9.17) is 10.2 Å². The molecule has 0 aromatic rings. The highest BCUT2D eigenvalue weighted by Gasteiger charge is 2.27. The predicted molar refractivity (Wildman–Crippen MR) is 55.6 cm³/mol. The van der Waals surface area contributed by atoms with Crippen LogP contribution in [0.3, 0.4) is 0 Å². The van der Waals surface area contributed by atoms with Gasteiger partial charge in [0, 0.05) is 11.7 Å². The van der Waals surface area contributed by atoms with Crippen molar-refractivity contribution in [2.24, 2.45) is 11.8 Å². The lowest BCUT2D eigenvalue weighted by atomic mass is 9.87. The molecule has 0 fully saturated rings. The molecule has 0 saturated heterocycles. The Morgan fingerprint density at radius 1 is 1.29 bits per heavy atom. The van der Waals surface area contributed by atoms with Crippen molar-refractivity contribution in [1.82, 2.24) is 0 Å². The minimum atomic E-state index is -0.963. The van der Waals surface area contributed by atoms with Crippen LogP contribution in [0.2, 0.25) is 0 Å². The average molecular weight is 220 g/mol. The number of hydrogen-bond acceptors (Lipinski definition) is 3. The zero-order chi connectivity index (χ0) is 11.3. The topological polar surface area (TPSA) is 74.6 Å². The van der Waals surface area contributed by atoms with Gasteiger partial charge in [0.25, 0.3) is 0 Å². The highest BCUT2D eigenvalue weighted by atomic mass is 32.1. The Morgan fingerprint density at radius 3 is 2.07 bits per heavy atom. The molecule has 0 amide bonds. The Kier molecular flexibility index (Phi) is 5.60. The van der Waals surface area contributed by atoms with Gasteiger partial charge in [-0.3, -0.25) is 9.59 Å². The van der Waals surface area contributed by atoms with Crippen molar-refractivity contribution in [2.75, 3.05) is 0 Å². The Bertz CT molecular complexity index is 215. The molecule has 5 heteroatoms. The molecule has 82 valence electrons. The van der Waals surface area contributed by atoms with E-state index in [2.05, 4.69) is 12.6 Å². The summed E-state index contributed by atoms with van der Waals surface area (Å²) in [5, 5.41) is 17.3. The summed E-state index contributed by atoms with van der Waals surface area (Å²) in [6, 6.07) is 0. The van der Waals surface area contributed by atoms with E-state index in [0.29, 0.717) is 0 Å². The van der Waals surface area contributed by atoms with Crippen LogP contribution in [-0.2, 0) is 9.59 Å². The minimum absolute atomic E-state index is 0.0510. The van der Waals surface area contributed by atoms with Gasteiger partial charge >= 0.3 is 11.9 Å². The van der Waals surface area contributed by atoms with Crippen LogP contribution in [0.15, 0.2) is 0 Å². The zero-order valence-corrected chi connectivity index (χ0v) is 9.20. The number of carboxylic acid groups (broad SMARTS) is 2. The largest absolute Gasteiger partial charge is 0.481 e. The van der Waals surface area contributed by atoms with Crippen LogP contribution >= 0.6 is 12.6 Å². The van der Waals surface area contributed by atoms with E-state index in [-0.39, 0.29) is 24.0 Å². The van der Waals surface area contributed by atoms with Gasteiger partial charge in [-0.05, 0) is 12.3 Å². The van der Waals surface area contributed by atoms with Gasteiger partial charge in [-0.1, -0.05) is 13.8 Å². The first-order chi connectivity index (χ1) is 6.36. The van der Waals surface area contributed by atoms with Crippen LogP contribution in [0.4, 0.5) is 0 Å². The number of carbonyl (C=O) groups is 2. The van der Waals surface area contributed by atoms with Crippen molar-refractivity contribution in [3.63, 3.8) is 0 Å². The highest BCUT2D eigenvalue weighted by Crippen LogP contribution is 2.24. The molecule has 0 heterocycles. The maximum absolute atomic E-state index is 10.8. The van der Waals surface area contributed by atoms with Gasteiger partial charge in [-0.2, -0.15) is 12.6 Å². The van der Waals surface area contributed by atoms with Crippen molar-refractivity contribution < 1.29 is 19.8 Å². The minimum Gasteiger partial charge on any atom is -0.481 e. The van der Waals surface area contributed by atoms with Crippen LogP contribution in [0, 0.1) is 11.8 Å². The molecule has 0 radical (unpaired) electrons. The van der Waals surface area contributed by atoms with Crippen molar-refractivity contribution in [1.29, 1.82) is 0 Å². The lowest BCUT2D eigenvalue weighted by molar-refractivity contribution is -0.144. The van der Waals surface area contributed by atoms with Crippen molar-refractivity contribution >= 4 is 24.6 Å². The molecule has 0 aromatic carbocycles. The Balaban J connectivity index is 4.29. The number of thiol groups is 1. The third-order valence-corrected chi connectivity index (χ3v) is 2.85. The Labute approximate surface area is 88.7 Å². The van der Waals surface area contributed by atoms with Crippen molar-refractivity contribution in [2.45, 2.75) is 31.9 Å². The summed E-state index contributed by atoms with van der Waals surface area (Å²) in [5.41, 5.74) is 0. The summed E-state index contributed by atoms with van der Waals surface area (Å²) in [4.78, 5) is 21.1. The van der Waals surface area contributed by atoms with E-state index >= 15 is 0 Å². The van der Waals surface area contributed by atoms with Gasteiger partial charge in [0.05, 0.1) is 5.92 Å². The Morgan fingerprint density at radius 2 is 1.79 bits per heavy atom. The second kappa shape index (κ2) is 5.90. The zero-order valence-electron chi connectivity index (χ0n) is 8.30. The maximum Gasteiger partial charge on any atom is 0.306 e. The molecule has 3 atom stereocenters. The molecule has 0 bridgehead atoms. The van der Waals surface area contributed by atoms with Crippen molar-refractivity contribution in [3.05, 3.63) is 0 Å². The third kappa shape index (κ3) is 4.50. The molecule has 0 aliphatic carbocycles. The number of hydrogen-bond donors (Lipinski definition) is 3. The van der Waals surface area contributed by atoms with Crippen molar-refractivity contribution in [3.8, 4) is 0 Å². The van der Waals surface area contributed by atoms with E-state index < -0.39 is 17.9 Å². The van der Waals surface area contributed by atoms with E-state index in [1.165, 1.54) is 0 Å². The number of carboxylic acids is 2.